The number of amides is 1. The third-order valence-electron chi connectivity index (χ3n) is 2.70. The number of para-hydroxylation sites is 2. The smallest absolute Gasteiger partial charge is 0.295 e. The quantitative estimate of drug-likeness (QED) is 0.394. The Kier molecular flexibility index (Phi) is 5.46. The predicted molar refractivity (Wildman–Crippen MR) is 79.3 cm³/mol. The highest BCUT2D eigenvalue weighted by Crippen LogP contribution is 2.10. The Bertz CT molecular complexity index is 624. The Morgan fingerprint density at radius 1 is 1.33 bits per heavy atom. The topological polar surface area (TPSA) is 70.1 Å². The van der Waals surface area contributed by atoms with Gasteiger partial charge in [-0.2, -0.15) is 5.10 Å². The van der Waals surface area contributed by atoms with Gasteiger partial charge in [0.25, 0.3) is 5.91 Å². The van der Waals surface area contributed by atoms with Crippen molar-refractivity contribution >= 4 is 22.7 Å². The maximum absolute atomic E-state index is 11.7. The van der Waals surface area contributed by atoms with Gasteiger partial charge in [0.15, 0.2) is 12.4 Å². The van der Waals surface area contributed by atoms with Gasteiger partial charge < -0.3 is 21.9 Å². The number of quaternary nitrogens is 1. The number of halogens is 1. The fourth-order valence-electron chi connectivity index (χ4n) is 1.79. The predicted octanol–water partition coefficient (Wildman–Crippen LogP) is -1.89. The molecule has 114 valence electrons. The molecule has 0 fully saturated rings. The summed E-state index contributed by atoms with van der Waals surface area (Å²) in [5, 5.41) is 4.09. The summed E-state index contributed by atoms with van der Waals surface area (Å²) in [4.78, 5) is 19.3. The third-order valence-corrected chi connectivity index (χ3v) is 2.70. The van der Waals surface area contributed by atoms with E-state index in [1.807, 2.05) is 52.3 Å². The van der Waals surface area contributed by atoms with E-state index >= 15 is 0 Å². The van der Waals surface area contributed by atoms with Crippen LogP contribution in [0, 0.1) is 0 Å². The standard InChI is InChI=1S/C14H19N5O.ClH/c1-10(17-18-13(20)9-19(2,3)4)14-15-11-7-5-6-8-12(11)16-14;/h5-8H,9H2,1-4H3,(H-,15,16,17,18,20);1H. The molecule has 0 aliphatic heterocycles. The first-order chi connectivity index (χ1) is 9.35. The summed E-state index contributed by atoms with van der Waals surface area (Å²) < 4.78 is 0.561. The van der Waals surface area contributed by atoms with Gasteiger partial charge in [-0.1, -0.05) is 12.1 Å². The molecule has 0 unspecified atom stereocenters. The van der Waals surface area contributed by atoms with Gasteiger partial charge in [0.2, 0.25) is 0 Å². The number of hydrazone groups is 1. The van der Waals surface area contributed by atoms with Crippen LogP contribution in [0.2, 0.25) is 0 Å². The number of H-pyrrole nitrogens is 1. The summed E-state index contributed by atoms with van der Waals surface area (Å²) in [5.41, 5.74) is 5.04. The highest BCUT2D eigenvalue weighted by molar-refractivity contribution is 5.98. The van der Waals surface area contributed by atoms with E-state index in [1.54, 1.807) is 0 Å². The van der Waals surface area contributed by atoms with Gasteiger partial charge in [0.05, 0.1) is 32.2 Å². The van der Waals surface area contributed by atoms with Gasteiger partial charge >= 0.3 is 0 Å². The molecule has 2 N–H and O–H groups in total. The third kappa shape index (κ3) is 4.84. The SMILES string of the molecule is C/C(=N\NC(=O)C[N+](C)(C)C)c1nc2ccccc2[nH]1.[Cl-]. The van der Waals surface area contributed by atoms with Gasteiger partial charge in [-0.3, -0.25) is 4.79 Å². The van der Waals surface area contributed by atoms with E-state index in [0.717, 1.165) is 11.0 Å². The average molecular weight is 310 g/mol. The van der Waals surface area contributed by atoms with E-state index < -0.39 is 0 Å². The van der Waals surface area contributed by atoms with Crippen molar-refractivity contribution in [2.45, 2.75) is 6.92 Å². The van der Waals surface area contributed by atoms with Crippen LogP contribution in [0.1, 0.15) is 12.7 Å². The molecule has 0 spiro atoms. The number of carbonyl (C=O) groups excluding carboxylic acids is 1. The summed E-state index contributed by atoms with van der Waals surface area (Å²) in [6.07, 6.45) is 0. The number of hydrogen-bond donors (Lipinski definition) is 2. The minimum absolute atomic E-state index is 0. The first-order valence-corrected chi connectivity index (χ1v) is 6.44. The van der Waals surface area contributed by atoms with Crippen molar-refractivity contribution in [1.29, 1.82) is 0 Å². The Morgan fingerprint density at radius 3 is 2.62 bits per heavy atom. The molecule has 0 saturated heterocycles. The lowest BCUT2D eigenvalue weighted by Gasteiger charge is -2.22. The number of nitrogens with zero attached hydrogens (tertiary/aromatic N) is 3. The number of hydrogen-bond acceptors (Lipinski definition) is 3. The molecular formula is C14H20ClN5O. The number of nitrogens with one attached hydrogen (secondary N) is 2. The molecule has 0 aliphatic rings. The zero-order valence-electron chi connectivity index (χ0n) is 12.6. The Hall–Kier alpha value is -1.92. The molecule has 0 aliphatic carbocycles. The van der Waals surface area contributed by atoms with E-state index in [9.17, 15) is 4.79 Å². The summed E-state index contributed by atoms with van der Waals surface area (Å²) in [5.74, 6) is 0.546. The van der Waals surface area contributed by atoms with Crippen molar-refractivity contribution in [1.82, 2.24) is 15.4 Å². The van der Waals surface area contributed by atoms with E-state index in [1.165, 1.54) is 0 Å². The van der Waals surface area contributed by atoms with Gasteiger partial charge in [0, 0.05) is 0 Å². The van der Waals surface area contributed by atoms with Crippen LogP contribution in [0.25, 0.3) is 11.0 Å². The lowest BCUT2D eigenvalue weighted by atomic mass is 10.3. The molecule has 1 heterocycles. The molecule has 6 nitrogen and oxygen atoms in total. The summed E-state index contributed by atoms with van der Waals surface area (Å²) >= 11 is 0. The van der Waals surface area contributed by atoms with Crippen LogP contribution in [0.4, 0.5) is 0 Å². The molecule has 2 rings (SSSR count). The molecule has 2 aromatic rings. The van der Waals surface area contributed by atoms with Crippen molar-refractivity contribution in [3.63, 3.8) is 0 Å². The number of aromatic nitrogens is 2. The van der Waals surface area contributed by atoms with Crippen molar-refractivity contribution in [3.05, 3.63) is 30.1 Å². The molecule has 1 aromatic carbocycles. The Morgan fingerprint density at radius 2 is 2.00 bits per heavy atom. The van der Waals surface area contributed by atoms with E-state index in [2.05, 4.69) is 20.5 Å². The molecule has 1 aromatic heterocycles. The van der Waals surface area contributed by atoms with E-state index in [-0.39, 0.29) is 18.3 Å². The molecule has 21 heavy (non-hydrogen) atoms. The van der Waals surface area contributed by atoms with Crippen LogP contribution >= 0.6 is 0 Å². The second-order valence-electron chi connectivity index (χ2n) is 5.78. The maximum Gasteiger partial charge on any atom is 0.295 e. The fourth-order valence-corrected chi connectivity index (χ4v) is 1.79. The lowest BCUT2D eigenvalue weighted by Crippen LogP contribution is -3.00. The minimum Gasteiger partial charge on any atom is -1.00 e. The first kappa shape index (κ1) is 17.1. The number of aromatic amines is 1. The molecule has 0 atom stereocenters. The number of carbonyl (C=O) groups is 1. The highest BCUT2D eigenvalue weighted by Gasteiger charge is 2.14. The molecule has 1 amide bonds. The second-order valence-corrected chi connectivity index (χ2v) is 5.78. The molecule has 0 bridgehead atoms. The fraction of sp³-hybridized carbons (Fsp3) is 0.357. The lowest BCUT2D eigenvalue weighted by molar-refractivity contribution is -0.862. The maximum atomic E-state index is 11.7. The Labute approximate surface area is 130 Å². The summed E-state index contributed by atoms with van der Waals surface area (Å²) in [7, 11) is 5.86. The number of fused-ring (bicyclic) bond motifs is 1. The van der Waals surface area contributed by atoms with E-state index in [0.29, 0.717) is 22.6 Å². The van der Waals surface area contributed by atoms with Crippen LogP contribution in [0.3, 0.4) is 0 Å². The Balaban J connectivity index is 0.00000220. The van der Waals surface area contributed by atoms with Crippen molar-refractivity contribution < 1.29 is 21.7 Å². The second kappa shape index (κ2) is 6.69. The van der Waals surface area contributed by atoms with Gasteiger partial charge in [-0.05, 0) is 19.1 Å². The van der Waals surface area contributed by atoms with Crippen molar-refractivity contribution in [2.24, 2.45) is 5.10 Å². The van der Waals surface area contributed by atoms with Gasteiger partial charge in [-0.25, -0.2) is 10.4 Å². The van der Waals surface area contributed by atoms with Crippen LogP contribution in [-0.2, 0) is 4.79 Å². The first-order valence-electron chi connectivity index (χ1n) is 6.44. The van der Waals surface area contributed by atoms with Crippen molar-refractivity contribution in [2.75, 3.05) is 27.7 Å². The van der Waals surface area contributed by atoms with Gasteiger partial charge in [-0.15, -0.1) is 0 Å². The zero-order chi connectivity index (χ0) is 14.8. The zero-order valence-corrected chi connectivity index (χ0v) is 13.4. The largest absolute Gasteiger partial charge is 1.00 e. The van der Waals surface area contributed by atoms with E-state index in [4.69, 9.17) is 0 Å². The molecular weight excluding hydrogens is 290 g/mol. The summed E-state index contributed by atoms with van der Waals surface area (Å²) in [6.45, 7) is 2.18. The highest BCUT2D eigenvalue weighted by atomic mass is 35.5. The van der Waals surface area contributed by atoms with Crippen LogP contribution < -0.4 is 17.8 Å². The van der Waals surface area contributed by atoms with Crippen molar-refractivity contribution in [3.8, 4) is 0 Å². The molecule has 0 saturated carbocycles. The number of rotatable bonds is 4. The number of imidazole rings is 1. The number of likely N-dealkylation sites (N-methyl/N-ethyl adjacent to an activating group) is 1. The molecule has 0 radical (unpaired) electrons. The van der Waals surface area contributed by atoms with Crippen LogP contribution in [0.5, 0.6) is 0 Å². The summed E-state index contributed by atoms with van der Waals surface area (Å²) in [6, 6.07) is 7.76. The monoisotopic (exact) mass is 309 g/mol. The van der Waals surface area contributed by atoms with Gasteiger partial charge in [0.1, 0.15) is 5.71 Å². The number of benzene rings is 1. The average Bonchev–Trinajstić information content (AvgIpc) is 2.77. The minimum atomic E-state index is -0.118. The normalized spacial score (nSPS) is 12.1. The van der Waals surface area contributed by atoms with Crippen LogP contribution in [0.15, 0.2) is 29.4 Å². The molecule has 7 heteroatoms. The van der Waals surface area contributed by atoms with Crippen LogP contribution in [-0.4, -0.2) is 53.8 Å².